The van der Waals surface area contributed by atoms with Crippen molar-refractivity contribution in [1.82, 2.24) is 15.1 Å². The van der Waals surface area contributed by atoms with Crippen LogP contribution in [0.2, 0.25) is 0 Å². The van der Waals surface area contributed by atoms with Crippen molar-refractivity contribution in [1.29, 1.82) is 0 Å². The van der Waals surface area contributed by atoms with E-state index in [1.54, 1.807) is 36.9 Å². The summed E-state index contributed by atoms with van der Waals surface area (Å²) < 4.78 is 11.3. The Morgan fingerprint density at radius 2 is 1.48 bits per heavy atom. The topological polar surface area (TPSA) is 139 Å². The van der Waals surface area contributed by atoms with Crippen LogP contribution >= 0.6 is 0 Å². The number of carbonyl (C=O) groups excluding carboxylic acids is 6. The lowest BCUT2D eigenvalue weighted by molar-refractivity contribution is -0.136. The van der Waals surface area contributed by atoms with E-state index in [1.807, 2.05) is 32.6 Å². The molecule has 4 amide bonds. The van der Waals surface area contributed by atoms with Crippen LogP contribution in [0.1, 0.15) is 108 Å². The second-order valence-electron chi connectivity index (χ2n) is 13.9. The van der Waals surface area contributed by atoms with Crippen LogP contribution in [0.5, 0.6) is 5.75 Å². The van der Waals surface area contributed by atoms with Gasteiger partial charge in [-0.3, -0.25) is 29.3 Å². The average Bonchev–Trinajstić information content (AvgIpc) is 3.00. The minimum atomic E-state index is -0.487. The van der Waals surface area contributed by atoms with Gasteiger partial charge < -0.3 is 19.3 Å². The molecule has 0 aliphatic carbocycles. The van der Waals surface area contributed by atoms with Gasteiger partial charge >= 0.3 is 6.09 Å². The molecule has 46 heavy (non-hydrogen) atoms. The number of nitrogens with zero attached hydrogens (tertiary/aromatic N) is 2. The number of piperidine rings is 3. The summed E-state index contributed by atoms with van der Waals surface area (Å²) in [5, 5.41) is 2.25. The maximum absolute atomic E-state index is 12.9. The summed E-state index contributed by atoms with van der Waals surface area (Å²) in [6.45, 7) is 15.0. The number of hydrogen-bond donors (Lipinski definition) is 1. The molecule has 11 heteroatoms. The van der Waals surface area contributed by atoms with Gasteiger partial charge in [-0.05, 0) is 77.7 Å². The molecule has 1 unspecified atom stereocenters. The van der Waals surface area contributed by atoms with E-state index in [0.29, 0.717) is 56.4 Å². The first kappa shape index (κ1) is 36.7. The Kier molecular flexibility index (Phi) is 12.9. The number of likely N-dealkylation sites (tertiary alicyclic amines) is 2. The summed E-state index contributed by atoms with van der Waals surface area (Å²) in [5.41, 5.74) is 0.0929. The van der Waals surface area contributed by atoms with E-state index in [-0.39, 0.29) is 65.1 Å². The highest BCUT2D eigenvalue weighted by Gasteiger charge is 2.33. The van der Waals surface area contributed by atoms with Crippen molar-refractivity contribution in [3.05, 3.63) is 29.3 Å². The molecule has 3 heterocycles. The molecular weight excluding hydrogens is 590 g/mol. The van der Waals surface area contributed by atoms with Crippen LogP contribution in [0, 0.1) is 23.7 Å². The molecule has 0 aromatic heterocycles. The summed E-state index contributed by atoms with van der Waals surface area (Å²) in [6.07, 6.45) is 4.73. The van der Waals surface area contributed by atoms with Crippen molar-refractivity contribution < 1.29 is 38.2 Å². The molecule has 3 saturated heterocycles. The van der Waals surface area contributed by atoms with E-state index in [0.717, 1.165) is 25.7 Å². The van der Waals surface area contributed by atoms with E-state index in [2.05, 4.69) is 5.32 Å². The predicted octanol–water partition coefficient (Wildman–Crippen LogP) is 5.05. The van der Waals surface area contributed by atoms with Crippen LogP contribution in [0.15, 0.2) is 18.2 Å². The molecule has 254 valence electrons. The Balaban J connectivity index is 0.000000549. The lowest BCUT2D eigenvalue weighted by Crippen LogP contribution is -2.46. The zero-order chi connectivity index (χ0) is 34.2. The normalized spacial score (nSPS) is 19.6. The Bertz CT molecular complexity index is 1280. The number of imide groups is 1. The minimum absolute atomic E-state index is 0.0164. The number of nitrogens with one attached hydrogen (secondary N) is 1. The molecule has 1 aromatic rings. The smallest absolute Gasteiger partial charge is 0.410 e. The van der Waals surface area contributed by atoms with Gasteiger partial charge in [0.05, 0.1) is 5.56 Å². The number of rotatable bonds is 7. The first-order valence-corrected chi connectivity index (χ1v) is 16.5. The number of carbonyl (C=O) groups is 6. The van der Waals surface area contributed by atoms with E-state index >= 15 is 0 Å². The van der Waals surface area contributed by atoms with Gasteiger partial charge in [0.2, 0.25) is 11.8 Å². The number of Topliss-reactive ketones (excluding diaryl/α,β-unsaturated/α-hetero) is 2. The lowest BCUT2D eigenvalue weighted by atomic mass is 9.79. The fourth-order valence-electron chi connectivity index (χ4n) is 6.06. The Labute approximate surface area is 272 Å². The first-order valence-electron chi connectivity index (χ1n) is 16.5. The molecule has 1 N–H and O–H groups in total. The maximum Gasteiger partial charge on any atom is 0.410 e. The molecule has 0 saturated carbocycles. The van der Waals surface area contributed by atoms with Crippen molar-refractivity contribution in [2.75, 3.05) is 32.8 Å². The van der Waals surface area contributed by atoms with Gasteiger partial charge in [0.1, 0.15) is 11.4 Å². The average molecular weight is 642 g/mol. The van der Waals surface area contributed by atoms with E-state index in [1.165, 1.54) is 6.92 Å². The van der Waals surface area contributed by atoms with E-state index in [4.69, 9.17) is 9.47 Å². The summed E-state index contributed by atoms with van der Waals surface area (Å²) in [4.78, 5) is 74.9. The van der Waals surface area contributed by atoms with Crippen molar-refractivity contribution in [3.63, 3.8) is 0 Å². The van der Waals surface area contributed by atoms with Crippen molar-refractivity contribution >= 4 is 35.4 Å². The third kappa shape index (κ3) is 10.4. The SMILES string of the molecule is CC(=O)c1c(OCC(=O)N2CCC(C3CCN(C(=O)OC(C)(C)C)CC3)CC2)cccc1C(=O)C(C)C.CC1CCC(=O)NC1=O. The summed E-state index contributed by atoms with van der Waals surface area (Å²) >= 11 is 0. The molecular formula is C35H51N3O8. The number of amides is 4. The molecule has 0 radical (unpaired) electrons. The highest BCUT2D eigenvalue weighted by Crippen LogP contribution is 2.33. The molecule has 0 spiro atoms. The number of ketones is 2. The molecule has 11 nitrogen and oxygen atoms in total. The van der Waals surface area contributed by atoms with Gasteiger partial charge in [0.25, 0.3) is 5.91 Å². The first-order chi connectivity index (χ1) is 21.6. The standard InChI is InChI=1S/C29H42N2O6.C6H9NO2/c1-19(2)27(34)23-8-7-9-24(26(23)20(3)32)36-18-25(33)30-14-10-21(11-15-30)22-12-16-31(17-13-22)28(35)37-29(4,5)6;1-4-2-3-5(8)7-6(4)9/h7-9,19,21-22H,10-18H2,1-6H3;4H,2-3H2,1H3,(H,7,8,9). The van der Waals surface area contributed by atoms with Gasteiger partial charge in [-0.15, -0.1) is 0 Å². The zero-order valence-electron chi connectivity index (χ0n) is 28.5. The highest BCUT2D eigenvalue weighted by atomic mass is 16.6. The fourth-order valence-corrected chi connectivity index (χ4v) is 6.06. The van der Waals surface area contributed by atoms with Crippen LogP contribution < -0.4 is 10.1 Å². The molecule has 3 fully saturated rings. The largest absolute Gasteiger partial charge is 0.483 e. The summed E-state index contributed by atoms with van der Waals surface area (Å²) in [7, 11) is 0. The lowest BCUT2D eigenvalue weighted by Gasteiger charge is -2.40. The van der Waals surface area contributed by atoms with Crippen molar-refractivity contribution in [3.8, 4) is 5.75 Å². The minimum Gasteiger partial charge on any atom is -0.483 e. The predicted molar refractivity (Wildman–Crippen MR) is 172 cm³/mol. The van der Waals surface area contributed by atoms with Crippen LogP contribution in [0.25, 0.3) is 0 Å². The van der Waals surface area contributed by atoms with Gasteiger partial charge in [0, 0.05) is 50.0 Å². The molecule has 3 aliphatic rings. The Hall–Kier alpha value is -3.76. The van der Waals surface area contributed by atoms with Crippen LogP contribution in [0.4, 0.5) is 4.79 Å². The molecule has 0 bridgehead atoms. The van der Waals surface area contributed by atoms with Crippen molar-refractivity contribution in [2.24, 2.45) is 23.7 Å². The second kappa shape index (κ2) is 16.2. The fraction of sp³-hybridized carbons (Fsp3) is 0.657. The Morgan fingerprint density at radius 1 is 0.913 bits per heavy atom. The van der Waals surface area contributed by atoms with Gasteiger partial charge in [-0.2, -0.15) is 0 Å². The van der Waals surface area contributed by atoms with Gasteiger partial charge in [-0.25, -0.2) is 4.79 Å². The molecule has 3 aliphatic heterocycles. The summed E-state index contributed by atoms with van der Waals surface area (Å²) in [5.74, 6) is 0.354. The number of hydrogen-bond acceptors (Lipinski definition) is 8. The van der Waals surface area contributed by atoms with E-state index < -0.39 is 5.60 Å². The van der Waals surface area contributed by atoms with Crippen LogP contribution in [0.3, 0.4) is 0 Å². The van der Waals surface area contributed by atoms with Crippen LogP contribution in [-0.4, -0.2) is 83.6 Å². The zero-order valence-corrected chi connectivity index (χ0v) is 28.5. The second-order valence-corrected chi connectivity index (χ2v) is 13.9. The van der Waals surface area contributed by atoms with E-state index in [9.17, 15) is 28.8 Å². The molecule has 4 rings (SSSR count). The Morgan fingerprint density at radius 3 is 1.96 bits per heavy atom. The summed E-state index contributed by atoms with van der Waals surface area (Å²) in [6, 6.07) is 4.95. The quantitative estimate of drug-likeness (QED) is 0.322. The molecule has 1 atom stereocenters. The van der Waals surface area contributed by atoms with Crippen LogP contribution in [-0.2, 0) is 19.1 Å². The van der Waals surface area contributed by atoms with Gasteiger partial charge in [0.15, 0.2) is 18.2 Å². The van der Waals surface area contributed by atoms with Crippen molar-refractivity contribution in [2.45, 2.75) is 92.6 Å². The highest BCUT2D eigenvalue weighted by molar-refractivity contribution is 6.10. The number of benzene rings is 1. The van der Waals surface area contributed by atoms with Gasteiger partial charge in [-0.1, -0.05) is 32.9 Å². The third-order valence-electron chi connectivity index (χ3n) is 8.78. The molecule has 1 aromatic carbocycles. The third-order valence-corrected chi connectivity index (χ3v) is 8.78. The maximum atomic E-state index is 12.9. The number of ether oxygens (including phenoxy) is 2. The monoisotopic (exact) mass is 641 g/mol.